The second-order valence-electron chi connectivity index (χ2n) is 4.97. The Balaban J connectivity index is 1.89. The molecular weight excluding hydrogens is 224 g/mol. The van der Waals surface area contributed by atoms with Crippen molar-refractivity contribution in [3.8, 4) is 6.07 Å². The van der Waals surface area contributed by atoms with Crippen molar-refractivity contribution >= 4 is 0 Å². The molecule has 1 fully saturated rings. The van der Waals surface area contributed by atoms with Crippen LogP contribution in [0.5, 0.6) is 0 Å². The summed E-state index contributed by atoms with van der Waals surface area (Å²) in [4.78, 5) is 8.77. The van der Waals surface area contributed by atoms with Gasteiger partial charge in [0.2, 0.25) is 0 Å². The molecule has 0 aromatic carbocycles. The number of likely N-dealkylation sites (N-methyl/N-ethyl adjacent to an activating group) is 1. The molecule has 0 bridgehead atoms. The molecule has 0 spiro atoms. The van der Waals surface area contributed by atoms with E-state index >= 15 is 0 Å². The SMILES string of the molecule is CN(CC#N)C1CCCN(Cc2cccnc2)C1. The summed E-state index contributed by atoms with van der Waals surface area (Å²) >= 11 is 0. The maximum absolute atomic E-state index is 8.75. The van der Waals surface area contributed by atoms with Crippen LogP contribution < -0.4 is 0 Å². The van der Waals surface area contributed by atoms with E-state index in [1.807, 2.05) is 25.5 Å². The number of hydrogen-bond acceptors (Lipinski definition) is 4. The number of likely N-dealkylation sites (tertiary alicyclic amines) is 1. The van der Waals surface area contributed by atoms with Crippen molar-refractivity contribution < 1.29 is 0 Å². The van der Waals surface area contributed by atoms with Gasteiger partial charge >= 0.3 is 0 Å². The molecule has 1 aromatic heterocycles. The van der Waals surface area contributed by atoms with Crippen molar-refractivity contribution in [2.75, 3.05) is 26.7 Å². The first-order valence-electron chi connectivity index (χ1n) is 6.48. The van der Waals surface area contributed by atoms with Gasteiger partial charge in [0.05, 0.1) is 12.6 Å². The minimum Gasteiger partial charge on any atom is -0.297 e. The van der Waals surface area contributed by atoms with Crippen LogP contribution in [0, 0.1) is 11.3 Å². The molecule has 1 unspecified atom stereocenters. The van der Waals surface area contributed by atoms with Crippen LogP contribution in [-0.4, -0.2) is 47.5 Å². The second-order valence-corrected chi connectivity index (χ2v) is 4.97. The number of rotatable bonds is 4. The second kappa shape index (κ2) is 6.48. The number of nitriles is 1. The van der Waals surface area contributed by atoms with Crippen molar-refractivity contribution in [3.05, 3.63) is 30.1 Å². The molecular formula is C14H20N4. The van der Waals surface area contributed by atoms with E-state index in [0.29, 0.717) is 12.6 Å². The predicted octanol–water partition coefficient (Wildman–Crippen LogP) is 1.50. The summed E-state index contributed by atoms with van der Waals surface area (Å²) in [6, 6.07) is 6.84. The van der Waals surface area contributed by atoms with Crippen LogP contribution in [0.3, 0.4) is 0 Å². The van der Waals surface area contributed by atoms with Crippen molar-refractivity contribution in [1.82, 2.24) is 14.8 Å². The summed E-state index contributed by atoms with van der Waals surface area (Å²) in [5.74, 6) is 0. The van der Waals surface area contributed by atoms with Crippen molar-refractivity contribution in [2.24, 2.45) is 0 Å². The highest BCUT2D eigenvalue weighted by Gasteiger charge is 2.22. The first-order chi connectivity index (χ1) is 8.79. The highest BCUT2D eigenvalue weighted by atomic mass is 15.2. The summed E-state index contributed by atoms with van der Waals surface area (Å²) in [6.45, 7) is 3.68. The monoisotopic (exact) mass is 244 g/mol. The standard InChI is InChI=1S/C14H20N4/c1-17(9-6-15)14-5-3-8-18(12-14)11-13-4-2-7-16-10-13/h2,4,7,10,14H,3,5,8-9,11-12H2,1H3. The molecule has 1 atom stereocenters. The lowest BCUT2D eigenvalue weighted by atomic mass is 10.0. The third-order valence-electron chi connectivity index (χ3n) is 3.55. The molecule has 1 aromatic rings. The molecule has 0 amide bonds. The van der Waals surface area contributed by atoms with Gasteiger partial charge in [-0.2, -0.15) is 5.26 Å². The van der Waals surface area contributed by atoms with Gasteiger partial charge in [-0.05, 0) is 38.1 Å². The van der Waals surface area contributed by atoms with Crippen LogP contribution >= 0.6 is 0 Å². The molecule has 2 rings (SSSR count). The summed E-state index contributed by atoms with van der Waals surface area (Å²) in [6.07, 6.45) is 6.15. The van der Waals surface area contributed by atoms with Crippen molar-refractivity contribution in [1.29, 1.82) is 5.26 Å². The average Bonchev–Trinajstić information content (AvgIpc) is 2.40. The Labute approximate surface area is 109 Å². The molecule has 0 N–H and O–H groups in total. The van der Waals surface area contributed by atoms with Gasteiger partial charge in [-0.25, -0.2) is 0 Å². The lowest BCUT2D eigenvalue weighted by molar-refractivity contribution is 0.120. The fraction of sp³-hybridized carbons (Fsp3) is 0.571. The predicted molar refractivity (Wildman–Crippen MR) is 70.8 cm³/mol. The number of pyridine rings is 1. The van der Waals surface area contributed by atoms with Gasteiger partial charge in [0.1, 0.15) is 0 Å². The summed E-state index contributed by atoms with van der Waals surface area (Å²) in [5, 5.41) is 8.75. The van der Waals surface area contributed by atoms with Gasteiger partial charge in [-0.1, -0.05) is 6.07 Å². The van der Waals surface area contributed by atoms with Crippen molar-refractivity contribution in [2.45, 2.75) is 25.4 Å². The van der Waals surface area contributed by atoms with Crippen LogP contribution in [0.15, 0.2) is 24.5 Å². The number of hydrogen-bond donors (Lipinski definition) is 0. The molecule has 1 saturated heterocycles. The van der Waals surface area contributed by atoms with Gasteiger partial charge in [-0.15, -0.1) is 0 Å². The van der Waals surface area contributed by atoms with E-state index in [1.165, 1.54) is 18.4 Å². The van der Waals surface area contributed by atoms with Gasteiger partial charge < -0.3 is 0 Å². The molecule has 1 aliphatic rings. The van der Waals surface area contributed by atoms with Crippen LogP contribution in [0.2, 0.25) is 0 Å². The lowest BCUT2D eigenvalue weighted by Crippen LogP contribution is -2.46. The maximum Gasteiger partial charge on any atom is 0.0866 e. The van der Waals surface area contributed by atoms with Crippen LogP contribution in [0.25, 0.3) is 0 Å². The first-order valence-corrected chi connectivity index (χ1v) is 6.48. The first kappa shape index (κ1) is 13.0. The van der Waals surface area contributed by atoms with E-state index in [2.05, 4.69) is 26.9 Å². The summed E-state index contributed by atoms with van der Waals surface area (Å²) < 4.78 is 0. The Morgan fingerprint density at radius 2 is 2.50 bits per heavy atom. The number of nitrogens with zero attached hydrogens (tertiary/aromatic N) is 4. The molecule has 0 radical (unpaired) electrons. The lowest BCUT2D eigenvalue weighted by Gasteiger charge is -2.36. The minimum absolute atomic E-state index is 0.509. The summed E-state index contributed by atoms with van der Waals surface area (Å²) in [7, 11) is 2.04. The van der Waals surface area contributed by atoms with Crippen LogP contribution in [-0.2, 0) is 6.54 Å². The normalized spacial score (nSPS) is 20.8. The Morgan fingerprint density at radius 3 is 3.22 bits per heavy atom. The largest absolute Gasteiger partial charge is 0.297 e. The zero-order valence-corrected chi connectivity index (χ0v) is 10.9. The smallest absolute Gasteiger partial charge is 0.0866 e. The fourth-order valence-corrected chi connectivity index (χ4v) is 2.53. The zero-order chi connectivity index (χ0) is 12.8. The Hall–Kier alpha value is -1.44. The van der Waals surface area contributed by atoms with E-state index in [1.54, 1.807) is 0 Å². The molecule has 1 aliphatic heterocycles. The van der Waals surface area contributed by atoms with E-state index < -0.39 is 0 Å². The average molecular weight is 244 g/mol. The zero-order valence-electron chi connectivity index (χ0n) is 10.9. The van der Waals surface area contributed by atoms with Gasteiger partial charge in [0, 0.05) is 31.5 Å². The Bertz CT molecular complexity index is 398. The van der Waals surface area contributed by atoms with E-state index in [9.17, 15) is 0 Å². The van der Waals surface area contributed by atoms with Crippen molar-refractivity contribution in [3.63, 3.8) is 0 Å². The van der Waals surface area contributed by atoms with Crippen LogP contribution in [0.4, 0.5) is 0 Å². The summed E-state index contributed by atoms with van der Waals surface area (Å²) in [5.41, 5.74) is 1.26. The number of piperidine rings is 1. The van der Waals surface area contributed by atoms with Gasteiger partial charge in [0.15, 0.2) is 0 Å². The number of aromatic nitrogens is 1. The Morgan fingerprint density at radius 1 is 1.61 bits per heavy atom. The highest BCUT2D eigenvalue weighted by Crippen LogP contribution is 2.16. The minimum atomic E-state index is 0.509. The topological polar surface area (TPSA) is 43.2 Å². The quantitative estimate of drug-likeness (QED) is 0.753. The molecule has 0 saturated carbocycles. The van der Waals surface area contributed by atoms with E-state index in [0.717, 1.165) is 19.6 Å². The molecule has 18 heavy (non-hydrogen) atoms. The molecule has 0 aliphatic carbocycles. The van der Waals surface area contributed by atoms with E-state index in [-0.39, 0.29) is 0 Å². The van der Waals surface area contributed by atoms with E-state index in [4.69, 9.17) is 5.26 Å². The third kappa shape index (κ3) is 3.52. The third-order valence-corrected chi connectivity index (χ3v) is 3.55. The fourth-order valence-electron chi connectivity index (χ4n) is 2.53. The molecule has 4 nitrogen and oxygen atoms in total. The molecule has 4 heteroatoms. The Kier molecular flexibility index (Phi) is 4.68. The molecule has 2 heterocycles. The van der Waals surface area contributed by atoms with Gasteiger partial charge in [0.25, 0.3) is 0 Å². The maximum atomic E-state index is 8.75. The van der Waals surface area contributed by atoms with Crippen LogP contribution in [0.1, 0.15) is 18.4 Å². The van der Waals surface area contributed by atoms with Gasteiger partial charge in [-0.3, -0.25) is 14.8 Å². The highest BCUT2D eigenvalue weighted by molar-refractivity contribution is 5.08. The molecule has 96 valence electrons.